The standard InChI is InChI=1S/C24H28N4O/c1-28(18-19-10-4-2-5-11-19)17-9-16-26-24(29)21-14-8-15-22(25)23(21)27-20-12-6-3-7-13-20/h2-8,10-15,27H,9,16-18,25H2,1H3,(H,26,29). The normalized spacial score (nSPS) is 10.7. The second-order valence-electron chi connectivity index (χ2n) is 7.09. The highest BCUT2D eigenvalue weighted by atomic mass is 16.1. The van der Waals surface area contributed by atoms with E-state index in [4.69, 9.17) is 5.73 Å². The Labute approximate surface area is 172 Å². The van der Waals surface area contributed by atoms with Crippen molar-refractivity contribution in [2.45, 2.75) is 13.0 Å². The van der Waals surface area contributed by atoms with E-state index in [2.05, 4.69) is 46.8 Å². The van der Waals surface area contributed by atoms with Crippen LogP contribution in [-0.4, -0.2) is 30.9 Å². The molecule has 0 heterocycles. The zero-order valence-electron chi connectivity index (χ0n) is 16.8. The van der Waals surface area contributed by atoms with E-state index in [1.807, 2.05) is 36.4 Å². The summed E-state index contributed by atoms with van der Waals surface area (Å²) in [6, 6.07) is 25.5. The van der Waals surface area contributed by atoms with Gasteiger partial charge in [-0.1, -0.05) is 54.6 Å². The van der Waals surface area contributed by atoms with Gasteiger partial charge in [0.25, 0.3) is 5.91 Å². The van der Waals surface area contributed by atoms with E-state index in [0.717, 1.165) is 25.2 Å². The molecule has 0 spiro atoms. The number of carbonyl (C=O) groups is 1. The number of nitrogens with two attached hydrogens (primary N) is 1. The highest BCUT2D eigenvalue weighted by Gasteiger charge is 2.14. The average Bonchev–Trinajstić information content (AvgIpc) is 2.74. The SMILES string of the molecule is CN(CCCNC(=O)c1cccc(N)c1Nc1ccccc1)Cc1ccccc1. The quantitative estimate of drug-likeness (QED) is 0.378. The molecule has 1 amide bonds. The first-order valence-corrected chi connectivity index (χ1v) is 9.84. The van der Waals surface area contributed by atoms with Crippen molar-refractivity contribution in [2.24, 2.45) is 0 Å². The monoisotopic (exact) mass is 388 g/mol. The lowest BCUT2D eigenvalue weighted by Crippen LogP contribution is -2.28. The van der Waals surface area contributed by atoms with Gasteiger partial charge < -0.3 is 21.3 Å². The molecule has 3 aromatic carbocycles. The van der Waals surface area contributed by atoms with Crippen molar-refractivity contribution in [3.63, 3.8) is 0 Å². The predicted octanol–water partition coefficient (Wildman–Crippen LogP) is 4.26. The number of carbonyl (C=O) groups excluding carboxylic acids is 1. The van der Waals surface area contributed by atoms with Crippen LogP contribution in [0.3, 0.4) is 0 Å². The Balaban J connectivity index is 1.52. The van der Waals surface area contributed by atoms with Crippen LogP contribution in [0.15, 0.2) is 78.9 Å². The van der Waals surface area contributed by atoms with Crippen LogP contribution in [-0.2, 0) is 6.54 Å². The molecule has 4 N–H and O–H groups in total. The third kappa shape index (κ3) is 6.09. The Bertz CT molecular complexity index is 913. The van der Waals surface area contributed by atoms with Crippen LogP contribution in [0.2, 0.25) is 0 Å². The summed E-state index contributed by atoms with van der Waals surface area (Å²) in [6.45, 7) is 2.41. The van der Waals surface area contributed by atoms with Gasteiger partial charge in [-0.3, -0.25) is 4.79 Å². The molecule has 0 fully saturated rings. The number of benzene rings is 3. The molecule has 0 saturated carbocycles. The Hall–Kier alpha value is -3.31. The third-order valence-electron chi connectivity index (χ3n) is 4.68. The zero-order valence-corrected chi connectivity index (χ0v) is 16.8. The van der Waals surface area contributed by atoms with Crippen LogP contribution in [0.25, 0.3) is 0 Å². The first-order valence-electron chi connectivity index (χ1n) is 9.84. The highest BCUT2D eigenvalue weighted by Crippen LogP contribution is 2.27. The lowest BCUT2D eigenvalue weighted by molar-refractivity contribution is 0.0952. The second kappa shape index (κ2) is 10.3. The minimum Gasteiger partial charge on any atom is -0.397 e. The molecule has 0 bridgehead atoms. The molecule has 3 aromatic rings. The largest absolute Gasteiger partial charge is 0.397 e. The maximum atomic E-state index is 12.7. The van der Waals surface area contributed by atoms with Crippen LogP contribution in [0.1, 0.15) is 22.3 Å². The second-order valence-corrected chi connectivity index (χ2v) is 7.09. The molecule has 29 heavy (non-hydrogen) atoms. The summed E-state index contributed by atoms with van der Waals surface area (Å²) in [7, 11) is 2.09. The summed E-state index contributed by atoms with van der Waals surface area (Å²) in [5, 5.41) is 6.27. The third-order valence-corrected chi connectivity index (χ3v) is 4.68. The minimum atomic E-state index is -0.124. The fourth-order valence-electron chi connectivity index (χ4n) is 3.18. The molecule has 5 nitrogen and oxygen atoms in total. The number of hydrogen-bond donors (Lipinski definition) is 3. The molecule has 0 aliphatic rings. The number of nitrogens with zero attached hydrogens (tertiary/aromatic N) is 1. The van der Waals surface area contributed by atoms with Crippen LogP contribution in [0, 0.1) is 0 Å². The van der Waals surface area contributed by atoms with Gasteiger partial charge in [0.05, 0.1) is 16.9 Å². The number of rotatable bonds is 9. The Morgan fingerprint density at radius 3 is 2.34 bits per heavy atom. The van der Waals surface area contributed by atoms with E-state index in [9.17, 15) is 4.79 Å². The Morgan fingerprint density at radius 1 is 0.931 bits per heavy atom. The summed E-state index contributed by atoms with van der Waals surface area (Å²) in [6.07, 6.45) is 0.874. The van der Waals surface area contributed by atoms with Gasteiger partial charge in [0.1, 0.15) is 0 Å². The fraction of sp³-hybridized carbons (Fsp3) is 0.208. The molecular weight excluding hydrogens is 360 g/mol. The van der Waals surface area contributed by atoms with Gasteiger partial charge in [-0.15, -0.1) is 0 Å². The number of nitrogen functional groups attached to an aromatic ring is 1. The summed E-state index contributed by atoms with van der Waals surface area (Å²) >= 11 is 0. The summed E-state index contributed by atoms with van der Waals surface area (Å²) in [4.78, 5) is 15.0. The topological polar surface area (TPSA) is 70.4 Å². The molecule has 5 heteroatoms. The summed E-state index contributed by atoms with van der Waals surface area (Å²) in [5.41, 5.74) is 10.0. The van der Waals surface area contributed by atoms with Crippen molar-refractivity contribution in [3.8, 4) is 0 Å². The number of anilines is 3. The van der Waals surface area contributed by atoms with Crippen LogP contribution in [0.4, 0.5) is 17.1 Å². The smallest absolute Gasteiger partial charge is 0.253 e. The van der Waals surface area contributed by atoms with Gasteiger partial charge in [-0.2, -0.15) is 0 Å². The minimum absolute atomic E-state index is 0.124. The fourth-order valence-corrected chi connectivity index (χ4v) is 3.18. The van der Waals surface area contributed by atoms with E-state index in [1.54, 1.807) is 18.2 Å². The molecule has 150 valence electrons. The molecule has 0 aromatic heterocycles. The first kappa shape index (κ1) is 20.4. The Morgan fingerprint density at radius 2 is 1.62 bits per heavy atom. The lowest BCUT2D eigenvalue weighted by Gasteiger charge is -2.17. The van der Waals surface area contributed by atoms with Crippen molar-refractivity contribution < 1.29 is 4.79 Å². The van der Waals surface area contributed by atoms with E-state index in [-0.39, 0.29) is 5.91 Å². The maximum Gasteiger partial charge on any atom is 0.253 e. The van der Waals surface area contributed by atoms with Gasteiger partial charge in [0.2, 0.25) is 0 Å². The van der Waals surface area contributed by atoms with E-state index >= 15 is 0 Å². The molecule has 0 radical (unpaired) electrons. The average molecular weight is 389 g/mol. The highest BCUT2D eigenvalue weighted by molar-refractivity contribution is 6.03. The number of hydrogen-bond acceptors (Lipinski definition) is 4. The summed E-state index contributed by atoms with van der Waals surface area (Å²) in [5.74, 6) is -0.124. The molecule has 0 saturated heterocycles. The van der Waals surface area contributed by atoms with Crippen molar-refractivity contribution >= 4 is 23.0 Å². The van der Waals surface area contributed by atoms with Gasteiger partial charge >= 0.3 is 0 Å². The zero-order chi connectivity index (χ0) is 20.5. The van der Waals surface area contributed by atoms with E-state index in [0.29, 0.717) is 23.5 Å². The van der Waals surface area contributed by atoms with Gasteiger partial charge in [0, 0.05) is 18.8 Å². The van der Waals surface area contributed by atoms with Gasteiger partial charge in [0.15, 0.2) is 0 Å². The van der Waals surface area contributed by atoms with Crippen molar-refractivity contribution in [2.75, 3.05) is 31.2 Å². The lowest BCUT2D eigenvalue weighted by atomic mass is 10.1. The Kier molecular flexibility index (Phi) is 7.25. The number of amides is 1. The molecule has 3 rings (SSSR count). The number of para-hydroxylation sites is 2. The summed E-state index contributed by atoms with van der Waals surface area (Å²) < 4.78 is 0. The van der Waals surface area contributed by atoms with E-state index in [1.165, 1.54) is 5.56 Å². The van der Waals surface area contributed by atoms with Gasteiger partial charge in [-0.25, -0.2) is 0 Å². The first-order chi connectivity index (χ1) is 14.1. The molecule has 0 atom stereocenters. The van der Waals surface area contributed by atoms with Crippen LogP contribution < -0.4 is 16.4 Å². The van der Waals surface area contributed by atoms with Crippen molar-refractivity contribution in [1.82, 2.24) is 10.2 Å². The molecular formula is C24H28N4O. The maximum absolute atomic E-state index is 12.7. The van der Waals surface area contributed by atoms with Crippen LogP contribution in [0.5, 0.6) is 0 Å². The molecule has 0 aliphatic carbocycles. The van der Waals surface area contributed by atoms with Crippen LogP contribution >= 0.6 is 0 Å². The van der Waals surface area contributed by atoms with Crippen molar-refractivity contribution in [3.05, 3.63) is 90.0 Å². The van der Waals surface area contributed by atoms with E-state index < -0.39 is 0 Å². The molecule has 0 aliphatic heterocycles. The predicted molar refractivity (Wildman–Crippen MR) is 120 cm³/mol. The number of nitrogens with one attached hydrogen (secondary N) is 2. The molecule has 0 unspecified atom stereocenters. The van der Waals surface area contributed by atoms with Crippen molar-refractivity contribution in [1.29, 1.82) is 0 Å². The van der Waals surface area contributed by atoms with Gasteiger partial charge in [-0.05, 0) is 49.8 Å².